The average molecular weight is 349 g/mol. The van der Waals surface area contributed by atoms with E-state index in [1.54, 1.807) is 0 Å². The maximum absolute atomic E-state index is 12.8. The van der Waals surface area contributed by atoms with Crippen LogP contribution in [-0.2, 0) is 4.79 Å². The first kappa shape index (κ1) is 16.3. The van der Waals surface area contributed by atoms with Crippen LogP contribution in [0.15, 0.2) is 42.5 Å². The maximum Gasteiger partial charge on any atom is 0.282 e. The Labute approximate surface area is 155 Å². The van der Waals surface area contributed by atoms with Crippen molar-refractivity contribution in [1.29, 1.82) is 0 Å². The van der Waals surface area contributed by atoms with Crippen molar-refractivity contribution in [3.8, 4) is 0 Å². The molecule has 2 aromatic carbocycles. The molecule has 0 unspecified atom stereocenters. The van der Waals surface area contributed by atoms with Crippen molar-refractivity contribution in [3.63, 3.8) is 0 Å². The van der Waals surface area contributed by atoms with Gasteiger partial charge in [0.05, 0.1) is 5.54 Å². The van der Waals surface area contributed by atoms with Crippen LogP contribution in [0.25, 0.3) is 10.8 Å². The maximum atomic E-state index is 12.8. The molecule has 3 heteroatoms. The Morgan fingerprint density at radius 3 is 2.27 bits per heavy atom. The van der Waals surface area contributed by atoms with Crippen molar-refractivity contribution >= 4 is 22.4 Å². The number of amides is 1. The Morgan fingerprint density at radius 2 is 1.62 bits per heavy atom. The monoisotopic (exact) mass is 349 g/mol. The van der Waals surface area contributed by atoms with Crippen LogP contribution in [0.1, 0.15) is 45.4 Å². The van der Waals surface area contributed by atoms with Gasteiger partial charge >= 0.3 is 0 Å². The molecule has 0 aromatic heterocycles. The molecule has 1 atom stereocenters. The zero-order valence-corrected chi connectivity index (χ0v) is 15.6. The second-order valence-electron chi connectivity index (χ2n) is 9.29. The van der Waals surface area contributed by atoms with E-state index in [0.29, 0.717) is 5.54 Å². The second kappa shape index (κ2) is 6.09. The third-order valence-corrected chi connectivity index (χ3v) is 7.12. The Morgan fingerprint density at radius 1 is 1.00 bits per heavy atom. The van der Waals surface area contributed by atoms with Crippen molar-refractivity contribution in [3.05, 3.63) is 42.5 Å². The molecule has 4 saturated carbocycles. The molecular weight excluding hydrogens is 320 g/mol. The number of nitrogens with one attached hydrogen (secondary N) is 1. The van der Waals surface area contributed by atoms with Crippen LogP contribution in [0.5, 0.6) is 0 Å². The molecule has 0 heterocycles. The predicted octanol–water partition coefficient (Wildman–Crippen LogP) is 3.70. The summed E-state index contributed by atoms with van der Waals surface area (Å²) in [6.45, 7) is 2.08. The van der Waals surface area contributed by atoms with Gasteiger partial charge in [-0.3, -0.25) is 4.79 Å². The number of hydrogen-bond donors (Lipinski definition) is 2. The number of hydrogen-bond acceptors (Lipinski definition) is 1. The van der Waals surface area contributed by atoms with E-state index in [9.17, 15) is 4.79 Å². The van der Waals surface area contributed by atoms with Crippen molar-refractivity contribution in [2.24, 2.45) is 17.8 Å². The SMILES string of the molecule is C[C@H]([NH2+]C12CC3CC(CC(C3)C1)C2)C(=O)Nc1ccc2ccccc2c1. The molecule has 3 nitrogen and oxygen atoms in total. The Hall–Kier alpha value is -1.87. The van der Waals surface area contributed by atoms with E-state index in [2.05, 4.69) is 41.8 Å². The smallest absolute Gasteiger partial charge is 0.282 e. The minimum absolute atomic E-state index is 0.0299. The minimum atomic E-state index is -0.0299. The van der Waals surface area contributed by atoms with Gasteiger partial charge < -0.3 is 10.6 Å². The third-order valence-electron chi connectivity index (χ3n) is 7.12. The van der Waals surface area contributed by atoms with E-state index >= 15 is 0 Å². The molecule has 0 spiro atoms. The summed E-state index contributed by atoms with van der Waals surface area (Å²) in [4.78, 5) is 12.8. The molecule has 4 aliphatic carbocycles. The van der Waals surface area contributed by atoms with Gasteiger partial charge in [0.2, 0.25) is 0 Å². The van der Waals surface area contributed by atoms with Gasteiger partial charge in [0.15, 0.2) is 6.04 Å². The summed E-state index contributed by atoms with van der Waals surface area (Å²) in [6, 6.07) is 14.4. The molecule has 2 aromatic rings. The highest BCUT2D eigenvalue weighted by Crippen LogP contribution is 2.54. The van der Waals surface area contributed by atoms with E-state index < -0.39 is 0 Å². The number of rotatable bonds is 4. The van der Waals surface area contributed by atoms with Gasteiger partial charge in [-0.05, 0) is 66.8 Å². The lowest BCUT2D eigenvalue weighted by Gasteiger charge is -2.55. The fourth-order valence-electron chi connectivity index (χ4n) is 6.51. The molecule has 26 heavy (non-hydrogen) atoms. The lowest BCUT2D eigenvalue weighted by atomic mass is 9.53. The zero-order chi connectivity index (χ0) is 17.7. The van der Waals surface area contributed by atoms with E-state index in [1.807, 2.05) is 18.2 Å². The Balaban J connectivity index is 1.28. The lowest BCUT2D eigenvalue weighted by molar-refractivity contribution is -0.754. The number of anilines is 1. The van der Waals surface area contributed by atoms with Crippen molar-refractivity contribution < 1.29 is 10.1 Å². The van der Waals surface area contributed by atoms with Crippen molar-refractivity contribution in [2.75, 3.05) is 5.32 Å². The summed E-state index contributed by atoms with van der Waals surface area (Å²) in [6.07, 6.45) is 8.33. The van der Waals surface area contributed by atoms with Crippen LogP contribution in [-0.4, -0.2) is 17.5 Å². The van der Waals surface area contributed by atoms with Crippen molar-refractivity contribution in [2.45, 2.75) is 57.0 Å². The van der Waals surface area contributed by atoms with Gasteiger partial charge in [0.1, 0.15) is 0 Å². The Bertz CT molecular complexity index is 808. The molecule has 1 amide bonds. The van der Waals surface area contributed by atoms with Gasteiger partial charge in [0, 0.05) is 24.9 Å². The number of carbonyl (C=O) groups excluding carboxylic acids is 1. The van der Waals surface area contributed by atoms with Gasteiger partial charge in [-0.1, -0.05) is 30.3 Å². The first-order valence-corrected chi connectivity index (χ1v) is 10.2. The number of carbonyl (C=O) groups is 1. The predicted molar refractivity (Wildman–Crippen MR) is 105 cm³/mol. The molecule has 0 saturated heterocycles. The normalized spacial score (nSPS) is 33.3. The number of fused-ring (bicyclic) bond motifs is 1. The van der Waals surface area contributed by atoms with Gasteiger partial charge in [-0.2, -0.15) is 0 Å². The van der Waals surface area contributed by atoms with Crippen LogP contribution in [0.3, 0.4) is 0 Å². The number of benzene rings is 2. The van der Waals surface area contributed by atoms with E-state index in [4.69, 9.17) is 0 Å². The quantitative estimate of drug-likeness (QED) is 0.869. The average Bonchev–Trinajstić information content (AvgIpc) is 2.60. The highest BCUT2D eigenvalue weighted by molar-refractivity contribution is 5.96. The standard InChI is InChI=1S/C23H28N2O/c1-15(25-23-12-16-8-17(13-23)10-18(9-16)14-23)22(26)24-21-7-6-19-4-2-3-5-20(19)11-21/h2-7,11,15-18,25H,8-10,12-14H2,1H3,(H,24,26)/p+1/t15-,16?,17?,18?,23?/m0/s1. The topological polar surface area (TPSA) is 45.7 Å². The molecule has 4 aliphatic rings. The third kappa shape index (κ3) is 2.92. The highest BCUT2D eigenvalue weighted by Gasteiger charge is 2.54. The summed E-state index contributed by atoms with van der Waals surface area (Å²) in [5.74, 6) is 2.91. The summed E-state index contributed by atoms with van der Waals surface area (Å²) in [5.41, 5.74) is 1.24. The lowest BCUT2D eigenvalue weighted by Crippen LogP contribution is -3.03. The molecule has 3 N–H and O–H groups in total. The summed E-state index contributed by atoms with van der Waals surface area (Å²) in [7, 11) is 0. The van der Waals surface area contributed by atoms with E-state index in [1.165, 1.54) is 49.3 Å². The molecule has 0 radical (unpaired) electrons. The van der Waals surface area contributed by atoms with Gasteiger partial charge in [-0.25, -0.2) is 0 Å². The summed E-state index contributed by atoms with van der Waals surface area (Å²) in [5, 5.41) is 7.95. The number of quaternary nitrogens is 1. The Kier molecular flexibility index (Phi) is 3.82. The van der Waals surface area contributed by atoms with Crippen LogP contribution in [0.2, 0.25) is 0 Å². The fraction of sp³-hybridized carbons (Fsp3) is 0.522. The van der Waals surface area contributed by atoms with Crippen LogP contribution >= 0.6 is 0 Å². The van der Waals surface area contributed by atoms with Gasteiger partial charge in [0.25, 0.3) is 5.91 Å². The van der Waals surface area contributed by atoms with E-state index in [-0.39, 0.29) is 11.9 Å². The molecule has 4 bridgehead atoms. The summed E-state index contributed by atoms with van der Waals surface area (Å²) >= 11 is 0. The minimum Gasteiger partial charge on any atom is -0.331 e. The van der Waals surface area contributed by atoms with Gasteiger partial charge in [-0.15, -0.1) is 0 Å². The molecule has 136 valence electrons. The van der Waals surface area contributed by atoms with Crippen LogP contribution in [0, 0.1) is 17.8 Å². The second-order valence-corrected chi connectivity index (χ2v) is 9.29. The highest BCUT2D eigenvalue weighted by atomic mass is 16.2. The van der Waals surface area contributed by atoms with Crippen LogP contribution in [0.4, 0.5) is 5.69 Å². The first-order valence-electron chi connectivity index (χ1n) is 10.2. The zero-order valence-electron chi connectivity index (χ0n) is 15.6. The largest absolute Gasteiger partial charge is 0.331 e. The fourth-order valence-corrected chi connectivity index (χ4v) is 6.51. The van der Waals surface area contributed by atoms with E-state index in [0.717, 1.165) is 23.4 Å². The summed E-state index contributed by atoms with van der Waals surface area (Å²) < 4.78 is 0. The molecule has 6 rings (SSSR count). The van der Waals surface area contributed by atoms with Crippen LogP contribution < -0.4 is 10.6 Å². The first-order chi connectivity index (χ1) is 12.6. The number of nitrogens with two attached hydrogens (primary N) is 1. The van der Waals surface area contributed by atoms with Crippen molar-refractivity contribution in [1.82, 2.24) is 0 Å². The molecular formula is C23H29N2O+. The molecule has 0 aliphatic heterocycles. The molecule has 4 fully saturated rings.